The van der Waals surface area contributed by atoms with E-state index in [9.17, 15) is 9.59 Å². The highest BCUT2D eigenvalue weighted by molar-refractivity contribution is 8.00. The van der Waals surface area contributed by atoms with Crippen LogP contribution in [0.15, 0.2) is 53.0 Å². The first-order valence-corrected chi connectivity index (χ1v) is 11.9. The van der Waals surface area contributed by atoms with Crippen LogP contribution in [0.4, 0.5) is 5.69 Å². The van der Waals surface area contributed by atoms with E-state index in [1.54, 1.807) is 11.8 Å². The Morgan fingerprint density at radius 3 is 2.84 bits per heavy atom. The van der Waals surface area contributed by atoms with Gasteiger partial charge >= 0.3 is 0 Å². The quantitative estimate of drug-likeness (QED) is 0.632. The number of hydrogen-bond donors (Lipinski definition) is 3. The van der Waals surface area contributed by atoms with Gasteiger partial charge in [0.05, 0.1) is 23.4 Å². The van der Waals surface area contributed by atoms with Crippen molar-refractivity contribution >= 4 is 29.3 Å². The van der Waals surface area contributed by atoms with Crippen molar-refractivity contribution in [3.63, 3.8) is 0 Å². The molecule has 7 heteroatoms. The number of para-hydroxylation sites is 1. The molecular formula is C24H31N3O3S. The summed E-state index contributed by atoms with van der Waals surface area (Å²) in [7, 11) is 0. The van der Waals surface area contributed by atoms with Gasteiger partial charge in [-0.15, -0.1) is 11.8 Å². The van der Waals surface area contributed by atoms with E-state index < -0.39 is 6.04 Å². The summed E-state index contributed by atoms with van der Waals surface area (Å²) in [6.07, 6.45) is 7.30. The molecule has 1 fully saturated rings. The second-order valence-electron chi connectivity index (χ2n) is 8.87. The maximum absolute atomic E-state index is 13.0. The molecule has 31 heavy (non-hydrogen) atoms. The first kappa shape index (κ1) is 22.0. The molecule has 2 heterocycles. The van der Waals surface area contributed by atoms with Gasteiger partial charge in [-0.3, -0.25) is 9.59 Å². The van der Waals surface area contributed by atoms with E-state index in [1.165, 1.54) is 4.90 Å². The van der Waals surface area contributed by atoms with Crippen LogP contribution in [0.25, 0.3) is 0 Å². The van der Waals surface area contributed by atoms with Crippen molar-refractivity contribution in [2.45, 2.75) is 68.0 Å². The van der Waals surface area contributed by atoms with Crippen LogP contribution in [0.1, 0.15) is 33.6 Å². The van der Waals surface area contributed by atoms with Crippen LogP contribution in [0.5, 0.6) is 0 Å². The standard InChI is InChI=1S/C24H31N3O3S/c1-14(2)12-20(24(29)26-17-10-11-30-15(17)3)27-23(28)16-8-9-22-19(13-16)25-18-6-4-5-7-21(18)31-22/h4-9,13-15,17,19-20,22,25H,10-12H2,1-3H3,(H,26,29)(H,27,28)/t15-,17-,19?,20+,22?/m0/s1. The van der Waals surface area contributed by atoms with E-state index >= 15 is 0 Å². The molecule has 0 radical (unpaired) electrons. The number of amides is 2. The minimum absolute atomic E-state index is 0.00183. The zero-order chi connectivity index (χ0) is 22.0. The predicted molar refractivity (Wildman–Crippen MR) is 124 cm³/mol. The molecule has 0 saturated carbocycles. The summed E-state index contributed by atoms with van der Waals surface area (Å²) in [4.78, 5) is 27.2. The number of carbonyl (C=O) groups excluding carboxylic acids is 2. The Bertz CT molecular complexity index is 898. The average molecular weight is 442 g/mol. The Morgan fingerprint density at radius 1 is 1.29 bits per heavy atom. The Hall–Kier alpha value is -2.25. The molecule has 3 aliphatic rings. The zero-order valence-corrected chi connectivity index (χ0v) is 19.1. The summed E-state index contributed by atoms with van der Waals surface area (Å²) in [5.41, 5.74) is 1.68. The molecular weight excluding hydrogens is 410 g/mol. The van der Waals surface area contributed by atoms with Crippen LogP contribution in [0.2, 0.25) is 0 Å². The molecule has 0 aromatic heterocycles. The number of carbonyl (C=O) groups is 2. The SMILES string of the molecule is CC(C)C[C@@H](NC(=O)C1=CC2Nc3ccccc3SC2C=C1)C(=O)N[C@H]1CCO[C@H]1C. The van der Waals surface area contributed by atoms with Crippen molar-refractivity contribution in [1.29, 1.82) is 0 Å². The third kappa shape index (κ3) is 5.15. The lowest BCUT2D eigenvalue weighted by molar-refractivity contribution is -0.128. The van der Waals surface area contributed by atoms with Crippen LogP contribution < -0.4 is 16.0 Å². The van der Waals surface area contributed by atoms with Crippen molar-refractivity contribution in [3.8, 4) is 0 Å². The Labute approximate surface area is 188 Å². The number of fused-ring (bicyclic) bond motifs is 2. The number of anilines is 1. The molecule has 0 spiro atoms. The molecule has 1 aromatic carbocycles. The number of hydrogen-bond acceptors (Lipinski definition) is 5. The minimum Gasteiger partial charge on any atom is -0.376 e. The summed E-state index contributed by atoms with van der Waals surface area (Å²) in [6.45, 7) is 6.73. The van der Waals surface area contributed by atoms with Crippen molar-refractivity contribution in [2.75, 3.05) is 11.9 Å². The second kappa shape index (κ2) is 9.49. The molecule has 5 atom stereocenters. The lowest BCUT2D eigenvalue weighted by Gasteiger charge is -2.33. The third-order valence-corrected chi connectivity index (χ3v) is 7.28. The molecule has 1 saturated heterocycles. The summed E-state index contributed by atoms with van der Waals surface area (Å²) in [5.74, 6) is -0.0682. The predicted octanol–water partition coefficient (Wildman–Crippen LogP) is 3.26. The lowest BCUT2D eigenvalue weighted by atomic mass is 9.98. The van der Waals surface area contributed by atoms with Gasteiger partial charge in [0.2, 0.25) is 5.91 Å². The molecule has 1 aromatic rings. The fourth-order valence-electron chi connectivity index (χ4n) is 4.21. The van der Waals surface area contributed by atoms with E-state index in [0.717, 1.165) is 12.1 Å². The smallest absolute Gasteiger partial charge is 0.251 e. The Morgan fingerprint density at radius 2 is 2.10 bits per heavy atom. The number of benzene rings is 1. The topological polar surface area (TPSA) is 79.5 Å². The minimum atomic E-state index is -0.568. The van der Waals surface area contributed by atoms with Crippen molar-refractivity contribution in [2.24, 2.45) is 5.92 Å². The van der Waals surface area contributed by atoms with Crippen LogP contribution in [-0.4, -0.2) is 47.9 Å². The molecule has 2 aliphatic heterocycles. The van der Waals surface area contributed by atoms with Crippen LogP contribution >= 0.6 is 11.8 Å². The molecule has 166 valence electrons. The summed E-state index contributed by atoms with van der Waals surface area (Å²) in [6, 6.07) is 7.68. The van der Waals surface area contributed by atoms with Crippen molar-refractivity contribution in [3.05, 3.63) is 48.1 Å². The molecule has 4 rings (SSSR count). The highest BCUT2D eigenvalue weighted by atomic mass is 32.2. The largest absolute Gasteiger partial charge is 0.376 e. The first-order chi connectivity index (χ1) is 14.9. The molecule has 6 nitrogen and oxygen atoms in total. The number of ether oxygens (including phenoxy) is 1. The highest BCUT2D eigenvalue weighted by Gasteiger charge is 2.32. The monoisotopic (exact) mass is 441 g/mol. The van der Waals surface area contributed by atoms with Gasteiger partial charge in [0.1, 0.15) is 6.04 Å². The van der Waals surface area contributed by atoms with Gasteiger partial charge in [-0.2, -0.15) is 0 Å². The van der Waals surface area contributed by atoms with Gasteiger partial charge in [0.25, 0.3) is 5.91 Å². The fraction of sp³-hybridized carbons (Fsp3) is 0.500. The molecule has 2 unspecified atom stereocenters. The van der Waals surface area contributed by atoms with Crippen LogP contribution in [0.3, 0.4) is 0 Å². The zero-order valence-electron chi connectivity index (χ0n) is 18.3. The fourth-order valence-corrected chi connectivity index (χ4v) is 5.37. The lowest BCUT2D eigenvalue weighted by Crippen LogP contribution is -2.52. The molecule has 1 aliphatic carbocycles. The maximum Gasteiger partial charge on any atom is 0.251 e. The van der Waals surface area contributed by atoms with Gasteiger partial charge in [-0.25, -0.2) is 0 Å². The number of thioether (sulfide) groups is 1. The Kier molecular flexibility index (Phi) is 6.72. The van der Waals surface area contributed by atoms with E-state index in [1.807, 2.05) is 31.2 Å². The van der Waals surface area contributed by atoms with Crippen molar-refractivity contribution < 1.29 is 14.3 Å². The number of nitrogens with one attached hydrogen (secondary N) is 3. The summed E-state index contributed by atoms with van der Waals surface area (Å²) >= 11 is 1.80. The average Bonchev–Trinajstić information content (AvgIpc) is 3.15. The summed E-state index contributed by atoms with van der Waals surface area (Å²) < 4.78 is 5.55. The van der Waals surface area contributed by atoms with Gasteiger partial charge in [0, 0.05) is 22.8 Å². The van der Waals surface area contributed by atoms with Crippen molar-refractivity contribution in [1.82, 2.24) is 10.6 Å². The van der Waals surface area contributed by atoms with Gasteiger partial charge < -0.3 is 20.7 Å². The first-order valence-electron chi connectivity index (χ1n) is 11.1. The van der Waals surface area contributed by atoms with E-state index in [2.05, 4.69) is 48.0 Å². The normalized spacial score (nSPS) is 27.5. The molecule has 0 bridgehead atoms. The second-order valence-corrected chi connectivity index (χ2v) is 10.1. The van der Waals surface area contributed by atoms with Gasteiger partial charge in [-0.1, -0.05) is 38.1 Å². The molecule has 3 N–H and O–H groups in total. The highest BCUT2D eigenvalue weighted by Crippen LogP contribution is 2.40. The summed E-state index contributed by atoms with van der Waals surface area (Å²) in [5, 5.41) is 9.81. The van der Waals surface area contributed by atoms with Gasteiger partial charge in [0.15, 0.2) is 0 Å². The maximum atomic E-state index is 13.0. The third-order valence-electron chi connectivity index (χ3n) is 5.95. The van der Waals surface area contributed by atoms with Crippen LogP contribution in [0, 0.1) is 5.92 Å². The molecule has 2 amide bonds. The van der Waals surface area contributed by atoms with E-state index in [-0.39, 0.29) is 41.2 Å². The Balaban J connectivity index is 1.43. The van der Waals surface area contributed by atoms with Gasteiger partial charge in [-0.05, 0) is 43.9 Å². The van der Waals surface area contributed by atoms with Crippen LogP contribution in [-0.2, 0) is 14.3 Å². The number of rotatable bonds is 6. The van der Waals surface area contributed by atoms with E-state index in [4.69, 9.17) is 4.74 Å². The van der Waals surface area contributed by atoms with E-state index in [0.29, 0.717) is 18.6 Å².